The number of benzene rings is 1. The third kappa shape index (κ3) is 3.63. The van der Waals surface area contributed by atoms with Crippen molar-refractivity contribution >= 4 is 39.8 Å². The normalized spacial score (nSPS) is 22.1. The predicted molar refractivity (Wildman–Crippen MR) is 78.1 cm³/mol. The Labute approximate surface area is 128 Å². The van der Waals surface area contributed by atoms with Crippen LogP contribution in [0.1, 0.15) is 17.2 Å². The molecule has 1 aliphatic rings. The zero-order valence-electron chi connectivity index (χ0n) is 10.3. The van der Waals surface area contributed by atoms with Crippen LogP contribution in [-0.4, -0.2) is 36.9 Å². The predicted octanol–water partition coefficient (Wildman–Crippen LogP) is 1.43. The molecule has 0 saturated carbocycles. The lowest BCUT2D eigenvalue weighted by molar-refractivity contribution is 0.150. The van der Waals surface area contributed by atoms with Crippen LogP contribution in [-0.2, 0) is 21.2 Å². The number of alkyl halides is 2. The lowest BCUT2D eigenvalue weighted by Gasteiger charge is -2.16. The first kappa shape index (κ1) is 15.6. The zero-order valence-corrected chi connectivity index (χ0v) is 12.7. The third-order valence-electron chi connectivity index (χ3n) is 2.88. The topological polar surface area (TPSA) is 76.0 Å². The van der Waals surface area contributed by atoms with Crippen LogP contribution in [0, 0.1) is 0 Å². The third-order valence-corrected chi connectivity index (χ3v) is 3.88. The van der Waals surface area contributed by atoms with E-state index in [4.69, 9.17) is 27.9 Å². The van der Waals surface area contributed by atoms with Gasteiger partial charge in [-0.05, 0) is 11.1 Å². The molecular weight excluding hydrogens is 325 g/mol. The van der Waals surface area contributed by atoms with Crippen LogP contribution in [0.3, 0.4) is 0 Å². The van der Waals surface area contributed by atoms with Crippen LogP contribution in [0.2, 0.25) is 0 Å². The molecule has 110 valence electrons. The van der Waals surface area contributed by atoms with Gasteiger partial charge in [-0.1, -0.05) is 47.5 Å². The van der Waals surface area contributed by atoms with Crippen LogP contribution in [0.15, 0.2) is 29.3 Å². The summed E-state index contributed by atoms with van der Waals surface area (Å²) in [4.78, 5) is 3.24. The van der Waals surface area contributed by atoms with Crippen molar-refractivity contribution in [1.29, 1.82) is 0 Å². The van der Waals surface area contributed by atoms with Crippen molar-refractivity contribution in [3.8, 4) is 0 Å². The lowest BCUT2D eigenvalue weighted by Crippen LogP contribution is -2.18. The van der Waals surface area contributed by atoms with Crippen LogP contribution in [0.5, 0.6) is 0 Å². The number of aliphatic hydroxyl groups excluding tert-OH is 1. The van der Waals surface area contributed by atoms with Gasteiger partial charge in [0.2, 0.25) is 5.90 Å². The average Bonchev–Trinajstić information content (AvgIpc) is 2.83. The fraction of sp³-hybridized carbons (Fsp3) is 0.417. The maximum absolute atomic E-state index is 10.7. The Bertz CT molecular complexity index is 563. The van der Waals surface area contributed by atoms with Gasteiger partial charge in [0.1, 0.15) is 22.8 Å². The van der Waals surface area contributed by atoms with Gasteiger partial charge < -0.3 is 9.84 Å². The first-order chi connectivity index (χ1) is 9.51. The van der Waals surface area contributed by atoms with E-state index in [2.05, 4.69) is 4.99 Å². The van der Waals surface area contributed by atoms with Gasteiger partial charge in [-0.3, -0.25) is 0 Å². The fourth-order valence-electron chi connectivity index (χ4n) is 1.97. The van der Waals surface area contributed by atoms with Gasteiger partial charge in [-0.2, -0.15) is 0 Å². The quantitative estimate of drug-likeness (QED) is 0.629. The number of rotatable bonds is 5. The van der Waals surface area contributed by atoms with E-state index in [1.807, 2.05) is 0 Å². The number of aliphatic hydroxyl groups is 1. The zero-order chi connectivity index (χ0) is 14.7. The molecule has 2 rings (SSSR count). The fourth-order valence-corrected chi connectivity index (χ4v) is 2.69. The van der Waals surface area contributed by atoms with Gasteiger partial charge in [0.15, 0.2) is 4.84 Å². The van der Waals surface area contributed by atoms with Crippen LogP contribution in [0.4, 0.5) is 0 Å². The molecule has 0 fully saturated rings. The van der Waals surface area contributed by atoms with E-state index in [1.165, 1.54) is 0 Å². The minimum absolute atomic E-state index is 0.00223. The highest BCUT2D eigenvalue weighted by atomic mass is 35.5. The number of thiol groups is 1. The molecule has 2 atom stereocenters. The SMILES string of the molecule is O=[SH](=O)Cc1ccc([C@H]2OC(C(Cl)Cl)=N[C@@H]2CO)cc1. The monoisotopic (exact) mass is 337 g/mol. The highest BCUT2D eigenvalue weighted by Crippen LogP contribution is 2.31. The smallest absolute Gasteiger partial charge is 0.218 e. The number of nitrogens with zero attached hydrogens (tertiary/aromatic N) is 1. The maximum Gasteiger partial charge on any atom is 0.218 e. The Morgan fingerprint density at radius 2 is 1.95 bits per heavy atom. The van der Waals surface area contributed by atoms with E-state index in [9.17, 15) is 13.5 Å². The molecule has 0 amide bonds. The molecule has 0 saturated heterocycles. The van der Waals surface area contributed by atoms with E-state index in [-0.39, 0.29) is 18.3 Å². The van der Waals surface area contributed by atoms with Crippen molar-refractivity contribution in [2.75, 3.05) is 6.61 Å². The second-order valence-corrected chi connectivity index (χ2v) is 6.37. The van der Waals surface area contributed by atoms with Crippen LogP contribution < -0.4 is 0 Å². The van der Waals surface area contributed by atoms with Crippen molar-refractivity contribution in [3.05, 3.63) is 35.4 Å². The van der Waals surface area contributed by atoms with Gasteiger partial charge >= 0.3 is 0 Å². The molecule has 0 unspecified atom stereocenters. The summed E-state index contributed by atoms with van der Waals surface area (Å²) in [7, 11) is -2.45. The second kappa shape index (κ2) is 6.76. The van der Waals surface area contributed by atoms with Crippen molar-refractivity contribution in [2.24, 2.45) is 4.99 Å². The van der Waals surface area contributed by atoms with E-state index in [0.29, 0.717) is 5.56 Å². The Morgan fingerprint density at radius 1 is 1.30 bits per heavy atom. The van der Waals surface area contributed by atoms with E-state index < -0.39 is 27.7 Å². The molecule has 0 aromatic heterocycles. The van der Waals surface area contributed by atoms with Gasteiger partial charge in [-0.15, -0.1) is 0 Å². The molecule has 0 bridgehead atoms. The molecule has 20 heavy (non-hydrogen) atoms. The van der Waals surface area contributed by atoms with Gasteiger partial charge in [0, 0.05) is 0 Å². The Kier molecular flexibility index (Phi) is 5.26. The summed E-state index contributed by atoms with van der Waals surface area (Å²) in [6.07, 6.45) is -0.468. The molecule has 5 nitrogen and oxygen atoms in total. The van der Waals surface area contributed by atoms with Crippen molar-refractivity contribution < 1.29 is 18.3 Å². The minimum atomic E-state index is -2.45. The highest BCUT2D eigenvalue weighted by molar-refractivity contribution is 7.71. The molecule has 0 aliphatic carbocycles. The number of ether oxygens (including phenoxy) is 1. The number of aliphatic imine (C=N–C) groups is 1. The van der Waals surface area contributed by atoms with Crippen molar-refractivity contribution in [1.82, 2.24) is 0 Å². The standard InChI is InChI=1S/C12H13Cl2NO4S/c13-11(14)12-15-9(5-16)10(19-12)8-3-1-7(2-4-8)6-20(17)18/h1-4,9-11,16,20H,5-6H2/t9-,10-/m1/s1. The maximum atomic E-state index is 10.7. The summed E-state index contributed by atoms with van der Waals surface area (Å²) in [5, 5.41) is 9.32. The summed E-state index contributed by atoms with van der Waals surface area (Å²) < 4.78 is 26.9. The summed E-state index contributed by atoms with van der Waals surface area (Å²) >= 11 is 11.4. The lowest BCUT2D eigenvalue weighted by atomic mass is 10.0. The molecule has 1 aromatic carbocycles. The molecule has 0 radical (unpaired) electrons. The first-order valence-corrected chi connectivity index (χ1v) is 8.09. The average molecular weight is 338 g/mol. The first-order valence-electron chi connectivity index (χ1n) is 5.85. The number of hydrogen-bond acceptors (Lipinski definition) is 5. The molecule has 0 spiro atoms. The summed E-state index contributed by atoms with van der Waals surface area (Å²) in [5.41, 5.74) is 1.47. The van der Waals surface area contributed by atoms with Gasteiger partial charge in [0.05, 0.1) is 12.4 Å². The Balaban J connectivity index is 2.15. The molecular formula is C12H13Cl2NO4S. The Morgan fingerprint density at radius 3 is 2.45 bits per heavy atom. The number of halogens is 2. The molecule has 1 N–H and O–H groups in total. The minimum Gasteiger partial charge on any atom is -0.468 e. The Hall–Kier alpha value is -0.820. The van der Waals surface area contributed by atoms with Crippen LogP contribution >= 0.6 is 23.2 Å². The number of hydrogen-bond donors (Lipinski definition) is 2. The molecule has 1 aromatic rings. The molecule has 1 aliphatic heterocycles. The molecule has 8 heteroatoms. The van der Waals surface area contributed by atoms with E-state index in [0.717, 1.165) is 5.56 Å². The second-order valence-electron chi connectivity index (χ2n) is 4.29. The van der Waals surface area contributed by atoms with Crippen molar-refractivity contribution in [2.45, 2.75) is 22.7 Å². The highest BCUT2D eigenvalue weighted by Gasteiger charge is 2.34. The van der Waals surface area contributed by atoms with Gasteiger partial charge in [0.25, 0.3) is 0 Å². The summed E-state index contributed by atoms with van der Waals surface area (Å²) in [6.45, 7) is -0.192. The largest absolute Gasteiger partial charge is 0.468 e. The summed E-state index contributed by atoms with van der Waals surface area (Å²) in [6, 6.07) is 6.44. The van der Waals surface area contributed by atoms with E-state index in [1.54, 1.807) is 24.3 Å². The molecule has 1 heterocycles. The van der Waals surface area contributed by atoms with Crippen molar-refractivity contribution in [3.63, 3.8) is 0 Å². The van der Waals surface area contributed by atoms with E-state index >= 15 is 0 Å². The van der Waals surface area contributed by atoms with Gasteiger partial charge in [-0.25, -0.2) is 13.4 Å². The van der Waals surface area contributed by atoms with Crippen LogP contribution in [0.25, 0.3) is 0 Å². The summed E-state index contributed by atoms with van der Waals surface area (Å²) in [5.74, 6) is 0.182.